The normalized spacial score (nSPS) is 12.9. The molecule has 11 aromatic rings. The SMILES string of the molecule is CC(C)(C)c1cc(-c2nc(-c3cc(C(C)(C)C)cc(C(C)(C)C)c3)nc(-c3ccc(-n4c5ccccc5c5cc(C(C)(C)C)ccc54)c(-c4cnccc4-n4c5ccccc5c5ccccc54)c3)n2)cc(C(C)(C)C)c1. The number of rotatable bonds is 6. The van der Waals surface area contributed by atoms with Gasteiger partial charge in [0.1, 0.15) is 0 Å². The van der Waals surface area contributed by atoms with E-state index in [-0.39, 0.29) is 27.1 Å². The largest absolute Gasteiger partial charge is 0.309 e. The molecule has 6 heteroatoms. The van der Waals surface area contributed by atoms with Gasteiger partial charge in [0.15, 0.2) is 17.5 Å². The highest BCUT2D eigenvalue weighted by atomic mass is 15.0. The lowest BCUT2D eigenvalue weighted by atomic mass is 9.79. The molecule has 0 aliphatic rings. The maximum Gasteiger partial charge on any atom is 0.164 e. The van der Waals surface area contributed by atoms with Gasteiger partial charge in [-0.05, 0) is 134 Å². The van der Waals surface area contributed by atoms with Gasteiger partial charge in [-0.25, -0.2) is 15.0 Å². The van der Waals surface area contributed by atoms with Crippen molar-refractivity contribution in [2.24, 2.45) is 0 Å². The minimum Gasteiger partial charge on any atom is -0.309 e. The summed E-state index contributed by atoms with van der Waals surface area (Å²) in [5, 5.41) is 4.83. The second kappa shape index (κ2) is 18.0. The molecule has 4 aromatic heterocycles. The highest BCUT2D eigenvalue weighted by molar-refractivity contribution is 6.11. The Bertz CT molecular complexity index is 3860. The summed E-state index contributed by atoms with van der Waals surface area (Å²) in [5.74, 6) is 1.89. The summed E-state index contributed by atoms with van der Waals surface area (Å²) in [6.45, 7) is 34.3. The van der Waals surface area contributed by atoms with Crippen LogP contribution in [0.2, 0.25) is 0 Å². The molecule has 0 atom stereocenters. The van der Waals surface area contributed by atoms with Crippen LogP contribution in [0.1, 0.15) is 132 Å². The Balaban J connectivity index is 1.24. The first-order chi connectivity index (χ1) is 35.8. The molecule has 7 aromatic carbocycles. The monoisotopic (exact) mass is 997 g/mol. The van der Waals surface area contributed by atoms with E-state index in [0.29, 0.717) is 17.5 Å². The fourth-order valence-corrected chi connectivity index (χ4v) is 10.8. The van der Waals surface area contributed by atoms with Gasteiger partial charge in [-0.1, -0.05) is 177 Å². The lowest BCUT2D eigenvalue weighted by Crippen LogP contribution is -2.17. The molecule has 382 valence electrons. The topological polar surface area (TPSA) is 61.4 Å². The van der Waals surface area contributed by atoms with Crippen molar-refractivity contribution in [3.8, 4) is 56.7 Å². The number of hydrogen-bond acceptors (Lipinski definition) is 4. The van der Waals surface area contributed by atoms with Crippen LogP contribution in [-0.2, 0) is 27.1 Å². The molecule has 0 saturated heterocycles. The first-order valence-corrected chi connectivity index (χ1v) is 27.0. The van der Waals surface area contributed by atoms with Crippen LogP contribution in [0.15, 0.2) is 164 Å². The summed E-state index contributed by atoms with van der Waals surface area (Å²) in [4.78, 5) is 21.5. The molecule has 0 bridgehead atoms. The second-order valence-electron chi connectivity index (χ2n) is 26.2. The van der Waals surface area contributed by atoms with E-state index in [1.165, 1.54) is 49.4 Å². The zero-order chi connectivity index (χ0) is 53.9. The molecule has 0 spiro atoms. The Labute approximate surface area is 450 Å². The molecular formula is C70H72N6. The van der Waals surface area contributed by atoms with Gasteiger partial charge >= 0.3 is 0 Å². The van der Waals surface area contributed by atoms with Crippen LogP contribution in [0, 0.1) is 0 Å². The first-order valence-electron chi connectivity index (χ1n) is 27.0. The molecule has 0 radical (unpaired) electrons. The number of para-hydroxylation sites is 3. The third kappa shape index (κ3) is 9.10. The highest BCUT2D eigenvalue weighted by Gasteiger charge is 2.27. The molecule has 11 rings (SSSR count). The number of pyridine rings is 1. The van der Waals surface area contributed by atoms with E-state index in [9.17, 15) is 0 Å². The molecule has 0 amide bonds. The summed E-state index contributed by atoms with van der Waals surface area (Å²) < 4.78 is 4.85. The zero-order valence-electron chi connectivity index (χ0n) is 47.3. The van der Waals surface area contributed by atoms with Crippen molar-refractivity contribution < 1.29 is 0 Å². The fraction of sp³-hybridized carbons (Fsp3) is 0.286. The van der Waals surface area contributed by atoms with Crippen molar-refractivity contribution >= 4 is 43.6 Å². The Hall–Kier alpha value is -7.70. The molecule has 0 aliphatic carbocycles. The summed E-state index contributed by atoms with van der Waals surface area (Å²) in [7, 11) is 0. The van der Waals surface area contributed by atoms with Crippen molar-refractivity contribution in [1.82, 2.24) is 29.1 Å². The van der Waals surface area contributed by atoms with Gasteiger partial charge in [0.2, 0.25) is 0 Å². The summed E-state index contributed by atoms with van der Waals surface area (Å²) in [6.07, 6.45) is 3.95. The molecule has 0 unspecified atom stereocenters. The Morgan fingerprint density at radius 1 is 0.303 bits per heavy atom. The zero-order valence-corrected chi connectivity index (χ0v) is 47.3. The molecule has 76 heavy (non-hydrogen) atoms. The smallest absolute Gasteiger partial charge is 0.164 e. The van der Waals surface area contributed by atoms with Gasteiger partial charge in [-0.3, -0.25) is 4.98 Å². The number of benzene rings is 7. The molecule has 0 N–H and O–H groups in total. The lowest BCUT2D eigenvalue weighted by Gasteiger charge is -2.26. The Morgan fingerprint density at radius 2 is 0.684 bits per heavy atom. The van der Waals surface area contributed by atoms with Crippen molar-refractivity contribution in [1.29, 1.82) is 0 Å². The lowest BCUT2D eigenvalue weighted by molar-refractivity contribution is 0.568. The average molecular weight is 997 g/mol. The van der Waals surface area contributed by atoms with Crippen molar-refractivity contribution in [3.63, 3.8) is 0 Å². The molecule has 0 aliphatic heterocycles. The quantitative estimate of drug-likeness (QED) is 0.167. The van der Waals surface area contributed by atoms with Gasteiger partial charge < -0.3 is 9.13 Å². The predicted octanol–water partition coefficient (Wildman–Crippen LogP) is 18.6. The van der Waals surface area contributed by atoms with Gasteiger partial charge in [0, 0.05) is 61.8 Å². The van der Waals surface area contributed by atoms with Crippen LogP contribution in [0.3, 0.4) is 0 Å². The van der Waals surface area contributed by atoms with E-state index in [0.717, 1.165) is 61.3 Å². The van der Waals surface area contributed by atoms with Gasteiger partial charge in [-0.2, -0.15) is 0 Å². The summed E-state index contributed by atoms with van der Waals surface area (Å²) in [6, 6.07) is 56.1. The third-order valence-electron chi connectivity index (χ3n) is 15.4. The van der Waals surface area contributed by atoms with Gasteiger partial charge in [0.25, 0.3) is 0 Å². The maximum absolute atomic E-state index is 5.55. The number of aromatic nitrogens is 6. The first kappa shape index (κ1) is 50.5. The van der Waals surface area contributed by atoms with E-state index in [2.05, 4.69) is 265 Å². The van der Waals surface area contributed by atoms with Crippen LogP contribution in [0.4, 0.5) is 0 Å². The van der Waals surface area contributed by atoms with Gasteiger partial charge in [0.05, 0.1) is 33.4 Å². The van der Waals surface area contributed by atoms with E-state index in [1.54, 1.807) is 0 Å². The van der Waals surface area contributed by atoms with Crippen LogP contribution in [0.5, 0.6) is 0 Å². The standard InChI is InChI=1S/C70H72N6/c1-66(2,3)46-29-31-61-55(41-46)53-24-18-21-27-59(53)76(61)60-30-28-43(38-54(60)56-42-71-33-32-62(56)75-57-25-19-16-22-51(57)52-23-17-20-26-58(52)75)63-72-64(44-34-47(67(4,5)6)39-48(35-44)68(7,8)9)74-65(73-63)45-36-49(69(10,11)12)40-50(37-45)70(13,14)15/h16-42H,1-15H3. The van der Waals surface area contributed by atoms with Crippen LogP contribution >= 0.6 is 0 Å². The molecule has 0 fully saturated rings. The van der Waals surface area contributed by atoms with E-state index >= 15 is 0 Å². The predicted molar refractivity (Wildman–Crippen MR) is 322 cm³/mol. The molecule has 4 heterocycles. The molecule has 0 saturated carbocycles. The minimum absolute atomic E-state index is 0.0237. The summed E-state index contributed by atoms with van der Waals surface area (Å²) >= 11 is 0. The minimum atomic E-state index is -0.110. The Kier molecular flexibility index (Phi) is 11.9. The van der Waals surface area contributed by atoms with Crippen molar-refractivity contribution in [2.75, 3.05) is 0 Å². The van der Waals surface area contributed by atoms with Gasteiger partial charge in [-0.15, -0.1) is 0 Å². The highest BCUT2D eigenvalue weighted by Crippen LogP contribution is 2.44. The average Bonchev–Trinajstić information content (AvgIpc) is 3.90. The number of hydrogen-bond donors (Lipinski definition) is 0. The second-order valence-corrected chi connectivity index (χ2v) is 26.2. The third-order valence-corrected chi connectivity index (χ3v) is 15.4. The van der Waals surface area contributed by atoms with Crippen molar-refractivity contribution in [3.05, 3.63) is 192 Å². The van der Waals surface area contributed by atoms with Crippen LogP contribution in [-0.4, -0.2) is 29.1 Å². The summed E-state index contributed by atoms with van der Waals surface area (Å²) in [5.41, 5.74) is 17.2. The van der Waals surface area contributed by atoms with Crippen molar-refractivity contribution in [2.45, 2.75) is 131 Å². The number of nitrogens with zero attached hydrogens (tertiary/aromatic N) is 6. The maximum atomic E-state index is 5.55. The van der Waals surface area contributed by atoms with Crippen LogP contribution in [0.25, 0.3) is 100 Å². The van der Waals surface area contributed by atoms with E-state index < -0.39 is 0 Å². The van der Waals surface area contributed by atoms with E-state index in [4.69, 9.17) is 19.9 Å². The molecule has 6 nitrogen and oxygen atoms in total. The Morgan fingerprint density at radius 3 is 1.12 bits per heavy atom. The number of fused-ring (bicyclic) bond motifs is 6. The molecular weight excluding hydrogens is 925 g/mol. The van der Waals surface area contributed by atoms with E-state index in [1.807, 2.05) is 12.4 Å². The fourth-order valence-electron chi connectivity index (χ4n) is 10.8. The van der Waals surface area contributed by atoms with Crippen LogP contribution < -0.4 is 0 Å².